The summed E-state index contributed by atoms with van der Waals surface area (Å²) >= 11 is 12.3. The fourth-order valence-corrected chi connectivity index (χ4v) is 4.62. The van der Waals surface area contributed by atoms with Crippen molar-refractivity contribution in [3.63, 3.8) is 0 Å². The van der Waals surface area contributed by atoms with Gasteiger partial charge in [-0.3, -0.25) is 9.48 Å². The van der Waals surface area contributed by atoms with Crippen LogP contribution < -0.4 is 4.72 Å². The second-order valence-corrected chi connectivity index (χ2v) is 9.81. The zero-order valence-electron chi connectivity index (χ0n) is 17.5. The average Bonchev–Trinajstić information content (AvgIpc) is 3.09. The van der Waals surface area contributed by atoms with Crippen molar-refractivity contribution in [2.24, 2.45) is 0 Å². The molecular formula is C24H19Cl2N3O3S. The Bertz CT molecular complexity index is 1480. The van der Waals surface area contributed by atoms with Crippen LogP contribution in [-0.4, -0.2) is 24.1 Å². The van der Waals surface area contributed by atoms with Crippen LogP contribution in [-0.2, 0) is 16.6 Å². The molecule has 0 fully saturated rings. The minimum absolute atomic E-state index is 0.197. The van der Waals surface area contributed by atoms with E-state index in [9.17, 15) is 13.2 Å². The zero-order chi connectivity index (χ0) is 23.6. The lowest BCUT2D eigenvalue weighted by Gasteiger charge is -2.08. The third-order valence-corrected chi connectivity index (χ3v) is 6.56. The molecule has 0 aliphatic carbocycles. The second kappa shape index (κ2) is 9.39. The minimum atomic E-state index is -3.98. The number of aryl methyl sites for hydroxylation is 1. The van der Waals surface area contributed by atoms with Crippen molar-refractivity contribution in [3.8, 4) is 0 Å². The van der Waals surface area contributed by atoms with E-state index in [4.69, 9.17) is 23.2 Å². The summed E-state index contributed by atoms with van der Waals surface area (Å²) in [5.41, 5.74) is 3.18. The summed E-state index contributed by atoms with van der Waals surface area (Å²) in [5.74, 6) is -0.732. The molecule has 0 spiro atoms. The minimum Gasteiger partial charge on any atom is -0.268 e. The average molecular weight is 500 g/mol. The maximum Gasteiger partial charge on any atom is 0.265 e. The van der Waals surface area contributed by atoms with Gasteiger partial charge in [0, 0.05) is 21.0 Å². The highest BCUT2D eigenvalue weighted by Gasteiger charge is 2.16. The molecule has 33 heavy (non-hydrogen) atoms. The van der Waals surface area contributed by atoms with E-state index < -0.39 is 15.9 Å². The van der Waals surface area contributed by atoms with E-state index in [0.717, 1.165) is 22.1 Å². The number of sulfonamides is 1. The standard InChI is InChI=1S/C24H19Cl2N3O3S/c1-16-21-10-8-18(24(30)28-33(31,32)12-11-17-5-3-2-4-6-17)13-23(21)29(27-16)15-19-7-9-20(25)14-22(19)26/h2-14H,15H2,1H3,(H,28,30)/b12-11+. The van der Waals surface area contributed by atoms with Gasteiger partial charge in [-0.05, 0) is 48.4 Å². The SMILES string of the molecule is Cc1nn(Cc2ccc(Cl)cc2Cl)c2cc(C(=O)NS(=O)(=O)/C=C/c3ccccc3)ccc12. The topological polar surface area (TPSA) is 81.1 Å². The number of aromatic nitrogens is 2. The number of nitrogens with one attached hydrogen (secondary N) is 1. The van der Waals surface area contributed by atoms with Crippen molar-refractivity contribution >= 4 is 56.1 Å². The number of hydrogen-bond acceptors (Lipinski definition) is 4. The lowest BCUT2D eigenvalue weighted by Crippen LogP contribution is -2.28. The molecule has 0 aliphatic rings. The maximum atomic E-state index is 12.7. The van der Waals surface area contributed by atoms with Gasteiger partial charge in [0.2, 0.25) is 0 Å². The molecule has 0 unspecified atom stereocenters. The number of rotatable bonds is 6. The Balaban J connectivity index is 1.60. The molecule has 3 aromatic carbocycles. The molecule has 4 aromatic rings. The normalized spacial score (nSPS) is 11.8. The number of hydrogen-bond donors (Lipinski definition) is 1. The molecule has 1 N–H and O–H groups in total. The van der Waals surface area contributed by atoms with Crippen molar-refractivity contribution in [1.82, 2.24) is 14.5 Å². The molecule has 0 bridgehead atoms. The summed E-state index contributed by atoms with van der Waals surface area (Å²) in [4.78, 5) is 12.7. The van der Waals surface area contributed by atoms with Crippen molar-refractivity contribution in [2.45, 2.75) is 13.5 Å². The highest BCUT2D eigenvalue weighted by atomic mass is 35.5. The van der Waals surface area contributed by atoms with Crippen molar-refractivity contribution < 1.29 is 13.2 Å². The van der Waals surface area contributed by atoms with E-state index in [1.165, 1.54) is 6.08 Å². The fraction of sp³-hybridized carbons (Fsp3) is 0.0833. The largest absolute Gasteiger partial charge is 0.268 e. The molecular weight excluding hydrogens is 481 g/mol. The molecule has 1 amide bonds. The predicted octanol–water partition coefficient (Wildman–Crippen LogP) is 5.43. The fourth-order valence-electron chi connectivity index (χ4n) is 3.37. The molecule has 6 nitrogen and oxygen atoms in total. The predicted molar refractivity (Wildman–Crippen MR) is 132 cm³/mol. The van der Waals surface area contributed by atoms with Gasteiger partial charge in [-0.2, -0.15) is 5.10 Å². The number of benzene rings is 3. The highest BCUT2D eigenvalue weighted by Crippen LogP contribution is 2.25. The van der Waals surface area contributed by atoms with Gasteiger partial charge >= 0.3 is 0 Å². The first-order chi connectivity index (χ1) is 15.7. The van der Waals surface area contributed by atoms with E-state index in [1.54, 1.807) is 59.3 Å². The molecule has 0 saturated heterocycles. The number of amides is 1. The van der Waals surface area contributed by atoms with Gasteiger partial charge in [-0.25, -0.2) is 13.1 Å². The first kappa shape index (κ1) is 23.0. The van der Waals surface area contributed by atoms with Crippen LogP contribution in [0.2, 0.25) is 10.0 Å². The summed E-state index contributed by atoms with van der Waals surface area (Å²) in [7, 11) is -3.98. The number of nitrogens with zero attached hydrogens (tertiary/aromatic N) is 2. The first-order valence-corrected chi connectivity index (χ1v) is 12.2. The Kier molecular flexibility index (Phi) is 6.56. The van der Waals surface area contributed by atoms with Crippen LogP contribution in [0.1, 0.15) is 27.2 Å². The highest BCUT2D eigenvalue weighted by molar-refractivity contribution is 7.93. The molecule has 0 atom stereocenters. The lowest BCUT2D eigenvalue weighted by molar-refractivity contribution is 0.0982. The summed E-state index contributed by atoms with van der Waals surface area (Å²) < 4.78 is 28.5. The Labute approximate surface area is 201 Å². The van der Waals surface area contributed by atoms with Crippen molar-refractivity contribution in [3.05, 3.63) is 105 Å². The van der Waals surface area contributed by atoms with Gasteiger partial charge in [0.25, 0.3) is 15.9 Å². The van der Waals surface area contributed by atoms with Gasteiger partial charge in [0.1, 0.15) is 0 Å². The monoisotopic (exact) mass is 499 g/mol. The van der Waals surface area contributed by atoms with Crippen molar-refractivity contribution in [1.29, 1.82) is 0 Å². The molecule has 9 heteroatoms. The van der Waals surface area contributed by atoms with Crippen LogP contribution in [0, 0.1) is 6.92 Å². The first-order valence-electron chi connectivity index (χ1n) is 9.93. The second-order valence-electron chi connectivity index (χ2n) is 7.40. The van der Waals surface area contributed by atoms with Crippen LogP contribution in [0.4, 0.5) is 0 Å². The summed E-state index contributed by atoms with van der Waals surface area (Å²) in [6, 6.07) is 19.1. The van der Waals surface area contributed by atoms with Crippen LogP contribution in [0.15, 0.2) is 72.1 Å². The van der Waals surface area contributed by atoms with E-state index in [2.05, 4.69) is 9.82 Å². The Morgan fingerprint density at radius 3 is 2.55 bits per heavy atom. The van der Waals surface area contributed by atoms with Gasteiger partial charge in [-0.15, -0.1) is 0 Å². The molecule has 0 saturated carbocycles. The third kappa shape index (κ3) is 5.45. The number of carbonyl (C=O) groups excluding carboxylic acids is 1. The molecule has 4 rings (SSSR count). The number of halogens is 2. The Hall–Kier alpha value is -3.13. The Morgan fingerprint density at radius 1 is 1.06 bits per heavy atom. The summed E-state index contributed by atoms with van der Waals surface area (Å²) in [5, 5.41) is 7.41. The molecule has 0 radical (unpaired) electrons. The maximum absolute atomic E-state index is 12.7. The van der Waals surface area contributed by atoms with Crippen LogP contribution >= 0.6 is 23.2 Å². The third-order valence-electron chi connectivity index (χ3n) is 5.01. The van der Waals surface area contributed by atoms with Crippen LogP contribution in [0.5, 0.6) is 0 Å². The smallest absolute Gasteiger partial charge is 0.265 e. The van der Waals surface area contributed by atoms with Gasteiger partial charge < -0.3 is 0 Å². The quantitative estimate of drug-likeness (QED) is 0.383. The van der Waals surface area contributed by atoms with Gasteiger partial charge in [-0.1, -0.05) is 65.7 Å². The summed E-state index contributed by atoms with van der Waals surface area (Å²) in [6.07, 6.45) is 1.42. The van der Waals surface area contributed by atoms with E-state index in [-0.39, 0.29) is 5.56 Å². The van der Waals surface area contributed by atoms with Gasteiger partial charge in [0.15, 0.2) is 0 Å². The molecule has 1 aromatic heterocycles. The van der Waals surface area contributed by atoms with E-state index in [0.29, 0.717) is 27.7 Å². The number of carbonyl (C=O) groups is 1. The van der Waals surface area contributed by atoms with Crippen LogP contribution in [0.3, 0.4) is 0 Å². The van der Waals surface area contributed by atoms with Gasteiger partial charge in [0.05, 0.1) is 23.2 Å². The lowest BCUT2D eigenvalue weighted by atomic mass is 10.1. The Morgan fingerprint density at radius 2 is 1.82 bits per heavy atom. The molecule has 168 valence electrons. The zero-order valence-corrected chi connectivity index (χ0v) is 19.8. The van der Waals surface area contributed by atoms with E-state index in [1.807, 2.05) is 19.1 Å². The summed E-state index contributed by atoms with van der Waals surface area (Å²) in [6.45, 7) is 2.23. The van der Waals surface area contributed by atoms with Crippen LogP contribution in [0.25, 0.3) is 17.0 Å². The molecule has 0 aliphatic heterocycles. The molecule has 1 heterocycles. The van der Waals surface area contributed by atoms with Crippen molar-refractivity contribution in [2.75, 3.05) is 0 Å². The number of fused-ring (bicyclic) bond motifs is 1. The van der Waals surface area contributed by atoms with E-state index >= 15 is 0 Å².